The summed E-state index contributed by atoms with van der Waals surface area (Å²) < 4.78 is 5.33. The van der Waals surface area contributed by atoms with Crippen LogP contribution in [0.2, 0.25) is 0 Å². The van der Waals surface area contributed by atoms with E-state index in [2.05, 4.69) is 11.0 Å². The van der Waals surface area contributed by atoms with Crippen molar-refractivity contribution in [1.82, 2.24) is 4.90 Å². The Morgan fingerprint density at radius 2 is 1.94 bits per heavy atom. The number of ether oxygens (including phenoxy) is 1. The number of ketones is 1. The van der Waals surface area contributed by atoms with Crippen LogP contribution in [-0.2, 0) is 11.2 Å². The zero-order chi connectivity index (χ0) is 11.7. The molecule has 2 aliphatic rings. The van der Waals surface area contributed by atoms with Crippen LogP contribution in [-0.4, -0.2) is 43.5 Å². The average Bonchev–Trinajstić information content (AvgIpc) is 2.68. The van der Waals surface area contributed by atoms with E-state index in [0.29, 0.717) is 5.78 Å². The number of morpholine rings is 1. The highest BCUT2D eigenvalue weighted by Crippen LogP contribution is 2.27. The fraction of sp³-hybridized carbons (Fsp3) is 0.500. The number of rotatable bonds is 2. The van der Waals surface area contributed by atoms with Gasteiger partial charge in [0.1, 0.15) is 0 Å². The molecule has 0 saturated carbocycles. The largest absolute Gasteiger partial charge is 0.379 e. The van der Waals surface area contributed by atoms with Gasteiger partial charge in [0, 0.05) is 31.1 Å². The first-order valence-corrected chi connectivity index (χ1v) is 6.27. The van der Waals surface area contributed by atoms with E-state index in [9.17, 15) is 4.79 Å². The van der Waals surface area contributed by atoms with Gasteiger partial charge >= 0.3 is 0 Å². The highest BCUT2D eigenvalue weighted by Gasteiger charge is 2.31. The molecule has 0 bridgehead atoms. The maximum Gasteiger partial charge on any atom is 0.167 e. The molecule has 1 heterocycles. The van der Waals surface area contributed by atoms with E-state index in [1.807, 2.05) is 18.2 Å². The molecule has 0 radical (unpaired) electrons. The normalized spacial score (nSPS) is 23.6. The molecule has 3 rings (SSSR count). The van der Waals surface area contributed by atoms with Crippen molar-refractivity contribution in [2.45, 2.75) is 6.42 Å². The lowest BCUT2D eigenvalue weighted by molar-refractivity contribution is 0.0308. The van der Waals surface area contributed by atoms with E-state index in [1.165, 1.54) is 5.56 Å². The number of hydrogen-bond acceptors (Lipinski definition) is 3. The van der Waals surface area contributed by atoms with E-state index in [4.69, 9.17) is 4.74 Å². The van der Waals surface area contributed by atoms with E-state index in [1.54, 1.807) is 0 Å². The van der Waals surface area contributed by atoms with Gasteiger partial charge in [-0.3, -0.25) is 9.69 Å². The minimum Gasteiger partial charge on any atom is -0.379 e. The Labute approximate surface area is 114 Å². The summed E-state index contributed by atoms with van der Waals surface area (Å²) in [5.74, 6) is 0.484. The second-order valence-corrected chi connectivity index (χ2v) is 4.84. The Hall–Kier alpha value is -0.900. The van der Waals surface area contributed by atoms with E-state index >= 15 is 0 Å². The Morgan fingerprint density at radius 3 is 2.67 bits per heavy atom. The summed E-state index contributed by atoms with van der Waals surface area (Å²) in [6.07, 6.45) is 0.909. The molecule has 1 aromatic carbocycles. The van der Waals surface area contributed by atoms with Crippen molar-refractivity contribution in [2.75, 3.05) is 32.8 Å². The molecule has 98 valence electrons. The van der Waals surface area contributed by atoms with Crippen molar-refractivity contribution in [3.05, 3.63) is 35.4 Å². The number of hydrogen-bond donors (Lipinski definition) is 0. The topological polar surface area (TPSA) is 29.5 Å². The molecule has 1 fully saturated rings. The third-order valence-corrected chi connectivity index (χ3v) is 3.70. The second-order valence-electron chi connectivity index (χ2n) is 4.84. The van der Waals surface area contributed by atoms with Crippen LogP contribution in [0.25, 0.3) is 0 Å². The Balaban J connectivity index is 0.00000120. The number of Topliss-reactive ketones (excluding diaryl/α,β-unsaturated/α-hetero) is 1. The minimum absolute atomic E-state index is 0. The lowest BCUT2D eigenvalue weighted by Crippen LogP contribution is -2.40. The van der Waals surface area contributed by atoms with Crippen LogP contribution in [0.5, 0.6) is 0 Å². The zero-order valence-corrected chi connectivity index (χ0v) is 11.1. The molecule has 1 aliphatic carbocycles. The van der Waals surface area contributed by atoms with Gasteiger partial charge in [-0.2, -0.15) is 0 Å². The summed E-state index contributed by atoms with van der Waals surface area (Å²) in [4.78, 5) is 14.6. The summed E-state index contributed by atoms with van der Waals surface area (Å²) in [6.45, 7) is 4.40. The highest BCUT2D eigenvalue weighted by atomic mass is 35.5. The monoisotopic (exact) mass is 267 g/mol. The van der Waals surface area contributed by atoms with Gasteiger partial charge in [-0.25, -0.2) is 0 Å². The molecule has 0 amide bonds. The molecule has 0 spiro atoms. The van der Waals surface area contributed by atoms with E-state index in [0.717, 1.165) is 44.8 Å². The quantitative estimate of drug-likeness (QED) is 0.818. The molecule has 0 N–H and O–H groups in total. The summed E-state index contributed by atoms with van der Waals surface area (Å²) in [5.41, 5.74) is 2.15. The number of carbonyl (C=O) groups is 1. The molecule has 1 unspecified atom stereocenters. The predicted octanol–water partition coefficient (Wildman–Crippen LogP) is 1.80. The standard InChI is InChI=1S/C14H17NO2.ClH/c16-14-12(10-15-5-7-17-8-6-15)9-11-3-1-2-4-13(11)14;/h1-4,12H,5-10H2;1H. The molecule has 3 nitrogen and oxygen atoms in total. The number of carbonyl (C=O) groups excluding carboxylic acids is 1. The van der Waals surface area contributed by atoms with Gasteiger partial charge < -0.3 is 4.74 Å². The lowest BCUT2D eigenvalue weighted by Gasteiger charge is -2.28. The van der Waals surface area contributed by atoms with Gasteiger partial charge in [-0.1, -0.05) is 24.3 Å². The SMILES string of the molecule is Cl.O=C1c2ccccc2CC1CN1CCOCC1. The smallest absolute Gasteiger partial charge is 0.167 e. The van der Waals surface area contributed by atoms with Crippen LogP contribution < -0.4 is 0 Å². The molecule has 0 aromatic heterocycles. The molecule has 1 saturated heterocycles. The van der Waals surface area contributed by atoms with Crippen LogP contribution in [0.4, 0.5) is 0 Å². The van der Waals surface area contributed by atoms with Crippen LogP contribution in [0.1, 0.15) is 15.9 Å². The van der Waals surface area contributed by atoms with Gasteiger partial charge in [0.25, 0.3) is 0 Å². The summed E-state index contributed by atoms with van der Waals surface area (Å²) in [6, 6.07) is 8.00. The average molecular weight is 268 g/mol. The highest BCUT2D eigenvalue weighted by molar-refractivity contribution is 6.02. The summed E-state index contributed by atoms with van der Waals surface area (Å²) in [7, 11) is 0. The first-order valence-electron chi connectivity index (χ1n) is 6.27. The number of benzene rings is 1. The Bertz CT molecular complexity index is 430. The Kier molecular flexibility index (Phi) is 4.38. The lowest BCUT2D eigenvalue weighted by atomic mass is 10.0. The maximum atomic E-state index is 12.2. The molecule has 1 atom stereocenters. The van der Waals surface area contributed by atoms with Crippen LogP contribution >= 0.6 is 12.4 Å². The van der Waals surface area contributed by atoms with Crippen molar-refractivity contribution in [1.29, 1.82) is 0 Å². The van der Waals surface area contributed by atoms with E-state index in [-0.39, 0.29) is 18.3 Å². The summed E-state index contributed by atoms with van der Waals surface area (Å²) >= 11 is 0. The fourth-order valence-electron chi connectivity index (χ4n) is 2.76. The third kappa shape index (κ3) is 2.58. The maximum absolute atomic E-state index is 12.2. The third-order valence-electron chi connectivity index (χ3n) is 3.70. The van der Waals surface area contributed by atoms with Crippen LogP contribution in [0.3, 0.4) is 0 Å². The van der Waals surface area contributed by atoms with Crippen molar-refractivity contribution < 1.29 is 9.53 Å². The number of nitrogens with zero attached hydrogens (tertiary/aromatic N) is 1. The molecular weight excluding hydrogens is 250 g/mol. The second kappa shape index (κ2) is 5.83. The van der Waals surface area contributed by atoms with Gasteiger partial charge in [-0.05, 0) is 12.0 Å². The van der Waals surface area contributed by atoms with Crippen LogP contribution in [0.15, 0.2) is 24.3 Å². The molecular formula is C14H18ClNO2. The molecule has 1 aliphatic heterocycles. The first kappa shape index (κ1) is 13.5. The van der Waals surface area contributed by atoms with Crippen molar-refractivity contribution in [3.8, 4) is 0 Å². The summed E-state index contributed by atoms with van der Waals surface area (Å²) in [5, 5.41) is 0. The molecule has 4 heteroatoms. The minimum atomic E-state index is 0. The zero-order valence-electron chi connectivity index (χ0n) is 10.3. The fourth-order valence-corrected chi connectivity index (χ4v) is 2.76. The van der Waals surface area contributed by atoms with Gasteiger partial charge in [-0.15, -0.1) is 12.4 Å². The van der Waals surface area contributed by atoms with Gasteiger partial charge in [0.2, 0.25) is 0 Å². The van der Waals surface area contributed by atoms with Crippen molar-refractivity contribution >= 4 is 18.2 Å². The number of halogens is 1. The van der Waals surface area contributed by atoms with Crippen LogP contribution in [0, 0.1) is 5.92 Å². The molecule has 18 heavy (non-hydrogen) atoms. The van der Waals surface area contributed by atoms with Crippen molar-refractivity contribution in [3.63, 3.8) is 0 Å². The first-order chi connectivity index (χ1) is 8.34. The Morgan fingerprint density at radius 1 is 1.22 bits per heavy atom. The van der Waals surface area contributed by atoms with E-state index < -0.39 is 0 Å². The molecule has 1 aromatic rings. The van der Waals surface area contributed by atoms with Crippen molar-refractivity contribution in [2.24, 2.45) is 5.92 Å². The van der Waals surface area contributed by atoms with Gasteiger partial charge in [0.15, 0.2) is 5.78 Å². The van der Waals surface area contributed by atoms with Gasteiger partial charge in [0.05, 0.1) is 13.2 Å². The number of fused-ring (bicyclic) bond motifs is 1. The predicted molar refractivity (Wildman–Crippen MR) is 72.5 cm³/mol.